The van der Waals surface area contributed by atoms with Gasteiger partial charge in [0.15, 0.2) is 5.82 Å². The number of benzene rings is 1. The molecule has 0 aliphatic carbocycles. The molecule has 1 aromatic carbocycles. The Hall–Kier alpha value is -1.95. The third-order valence-corrected chi connectivity index (χ3v) is 5.48. The Balaban J connectivity index is 1.60. The first-order chi connectivity index (χ1) is 13.2. The third-order valence-electron chi connectivity index (χ3n) is 4.76. The first kappa shape index (κ1) is 18.4. The highest BCUT2D eigenvalue weighted by Gasteiger charge is 2.14. The molecule has 0 atom stereocenters. The first-order valence-electron chi connectivity index (χ1n) is 9.25. The Morgan fingerprint density at radius 1 is 1.00 bits per heavy atom. The summed E-state index contributed by atoms with van der Waals surface area (Å²) >= 11 is 12.3. The molecule has 1 aliphatic rings. The molecule has 0 amide bonds. The van der Waals surface area contributed by atoms with Crippen LogP contribution in [0, 0.1) is 0 Å². The van der Waals surface area contributed by atoms with E-state index in [1.807, 2.05) is 18.2 Å². The molecule has 0 spiro atoms. The minimum atomic E-state index is 0.469. The SMILES string of the molecule is Clc1cc2nc(NCCCN3CCCC3)c(-c3ccccn3)nc2cc1Cl. The summed E-state index contributed by atoms with van der Waals surface area (Å²) in [6.45, 7) is 4.37. The maximum absolute atomic E-state index is 6.16. The number of nitrogens with zero attached hydrogens (tertiary/aromatic N) is 4. The molecule has 0 bridgehead atoms. The minimum absolute atomic E-state index is 0.469. The van der Waals surface area contributed by atoms with E-state index in [4.69, 9.17) is 33.2 Å². The van der Waals surface area contributed by atoms with E-state index >= 15 is 0 Å². The lowest BCUT2D eigenvalue weighted by molar-refractivity contribution is 0.337. The molecule has 0 radical (unpaired) electrons. The van der Waals surface area contributed by atoms with E-state index < -0.39 is 0 Å². The summed E-state index contributed by atoms with van der Waals surface area (Å²) in [6, 6.07) is 9.26. The molecule has 3 aromatic rings. The summed E-state index contributed by atoms with van der Waals surface area (Å²) in [6.07, 6.45) is 5.45. The van der Waals surface area contributed by atoms with Crippen LogP contribution in [0.2, 0.25) is 10.0 Å². The van der Waals surface area contributed by atoms with Gasteiger partial charge in [-0.15, -0.1) is 0 Å². The fraction of sp³-hybridized carbons (Fsp3) is 0.350. The maximum Gasteiger partial charge on any atom is 0.154 e. The van der Waals surface area contributed by atoms with Crippen molar-refractivity contribution in [2.75, 3.05) is 31.5 Å². The molecular formula is C20H21Cl2N5. The highest BCUT2D eigenvalue weighted by molar-refractivity contribution is 6.42. The summed E-state index contributed by atoms with van der Waals surface area (Å²) in [5.74, 6) is 0.723. The van der Waals surface area contributed by atoms with E-state index in [0.29, 0.717) is 21.1 Å². The highest BCUT2D eigenvalue weighted by atomic mass is 35.5. The second-order valence-electron chi connectivity index (χ2n) is 6.72. The van der Waals surface area contributed by atoms with Crippen LogP contribution in [0.25, 0.3) is 22.4 Å². The topological polar surface area (TPSA) is 53.9 Å². The van der Waals surface area contributed by atoms with Gasteiger partial charge in [-0.25, -0.2) is 9.97 Å². The molecule has 1 fully saturated rings. The van der Waals surface area contributed by atoms with Crippen molar-refractivity contribution >= 4 is 40.1 Å². The lowest BCUT2D eigenvalue weighted by Gasteiger charge is -2.15. The number of aromatic nitrogens is 3. The van der Waals surface area contributed by atoms with Crippen molar-refractivity contribution in [3.05, 3.63) is 46.6 Å². The smallest absolute Gasteiger partial charge is 0.154 e. The van der Waals surface area contributed by atoms with Crippen molar-refractivity contribution in [2.45, 2.75) is 19.3 Å². The zero-order chi connectivity index (χ0) is 18.6. The monoisotopic (exact) mass is 401 g/mol. The van der Waals surface area contributed by atoms with Gasteiger partial charge in [0.05, 0.1) is 26.8 Å². The maximum atomic E-state index is 6.16. The summed E-state index contributed by atoms with van der Waals surface area (Å²) in [5.41, 5.74) is 2.92. The Morgan fingerprint density at radius 3 is 2.44 bits per heavy atom. The summed E-state index contributed by atoms with van der Waals surface area (Å²) in [5, 5.41) is 4.39. The Kier molecular flexibility index (Phi) is 5.72. The standard InChI is InChI=1S/C20H21Cl2N5/c21-14-12-17-18(13-15(14)22)26-20(19(25-17)16-6-1-2-7-23-16)24-8-5-11-27-9-3-4-10-27/h1-2,6-7,12-13H,3-5,8-11H2,(H,24,26). The average Bonchev–Trinajstić information content (AvgIpc) is 3.20. The van der Waals surface area contributed by atoms with Gasteiger partial charge in [0.1, 0.15) is 5.69 Å². The average molecular weight is 402 g/mol. The van der Waals surface area contributed by atoms with E-state index in [1.165, 1.54) is 25.9 Å². The van der Waals surface area contributed by atoms with Crippen LogP contribution in [0.15, 0.2) is 36.5 Å². The molecule has 7 heteroatoms. The lowest BCUT2D eigenvalue weighted by atomic mass is 10.2. The fourth-order valence-corrected chi connectivity index (χ4v) is 3.69. The molecule has 140 valence electrons. The Morgan fingerprint density at radius 2 is 1.74 bits per heavy atom. The van der Waals surface area contributed by atoms with Crippen LogP contribution in [0.4, 0.5) is 5.82 Å². The number of rotatable bonds is 6. The first-order valence-corrected chi connectivity index (χ1v) is 10.0. The van der Waals surface area contributed by atoms with Crippen molar-refractivity contribution in [2.24, 2.45) is 0 Å². The molecule has 0 unspecified atom stereocenters. The lowest BCUT2D eigenvalue weighted by Crippen LogP contribution is -2.22. The number of halogens is 2. The molecular weight excluding hydrogens is 381 g/mol. The zero-order valence-electron chi connectivity index (χ0n) is 15.0. The van der Waals surface area contributed by atoms with E-state index in [0.717, 1.165) is 36.7 Å². The molecule has 3 heterocycles. The molecule has 4 rings (SSSR count). The summed E-state index contributed by atoms with van der Waals surface area (Å²) in [4.78, 5) is 16.5. The molecule has 1 aliphatic heterocycles. The summed E-state index contributed by atoms with van der Waals surface area (Å²) in [7, 11) is 0. The van der Waals surface area contributed by atoms with Crippen LogP contribution >= 0.6 is 23.2 Å². The second kappa shape index (κ2) is 8.38. The van der Waals surface area contributed by atoms with Crippen LogP contribution in [-0.2, 0) is 0 Å². The largest absolute Gasteiger partial charge is 0.368 e. The van der Waals surface area contributed by atoms with Crippen molar-refractivity contribution < 1.29 is 0 Å². The Labute approximate surface area is 168 Å². The van der Waals surface area contributed by atoms with Gasteiger partial charge >= 0.3 is 0 Å². The van der Waals surface area contributed by atoms with Crippen LogP contribution in [-0.4, -0.2) is 46.0 Å². The van der Waals surface area contributed by atoms with Gasteiger partial charge in [0.2, 0.25) is 0 Å². The molecule has 1 saturated heterocycles. The molecule has 2 aromatic heterocycles. The van der Waals surface area contributed by atoms with Crippen LogP contribution in [0.5, 0.6) is 0 Å². The molecule has 27 heavy (non-hydrogen) atoms. The minimum Gasteiger partial charge on any atom is -0.368 e. The van der Waals surface area contributed by atoms with E-state index in [9.17, 15) is 0 Å². The van der Waals surface area contributed by atoms with Gasteiger partial charge in [-0.2, -0.15) is 0 Å². The predicted octanol–water partition coefficient (Wildman–Crippen LogP) is 4.90. The predicted molar refractivity (Wildman–Crippen MR) is 112 cm³/mol. The Bertz CT molecular complexity index is 927. The van der Waals surface area contributed by atoms with Crippen molar-refractivity contribution in [3.8, 4) is 11.4 Å². The van der Waals surface area contributed by atoms with E-state index in [1.54, 1.807) is 18.3 Å². The quantitative estimate of drug-likeness (QED) is 0.595. The van der Waals surface area contributed by atoms with Crippen LogP contribution < -0.4 is 5.32 Å². The van der Waals surface area contributed by atoms with Crippen molar-refractivity contribution in [3.63, 3.8) is 0 Å². The molecule has 0 saturated carbocycles. The number of fused-ring (bicyclic) bond motifs is 1. The van der Waals surface area contributed by atoms with Crippen molar-refractivity contribution in [1.29, 1.82) is 0 Å². The zero-order valence-corrected chi connectivity index (χ0v) is 16.5. The normalized spacial score (nSPS) is 14.7. The molecule has 1 N–H and O–H groups in total. The van der Waals surface area contributed by atoms with Gasteiger partial charge in [-0.1, -0.05) is 29.3 Å². The second-order valence-corrected chi connectivity index (χ2v) is 7.53. The fourth-order valence-electron chi connectivity index (χ4n) is 3.37. The van der Waals surface area contributed by atoms with Gasteiger partial charge < -0.3 is 10.2 Å². The third kappa shape index (κ3) is 4.32. The van der Waals surface area contributed by atoms with Gasteiger partial charge in [0, 0.05) is 12.7 Å². The highest BCUT2D eigenvalue weighted by Crippen LogP contribution is 2.30. The molecule has 5 nitrogen and oxygen atoms in total. The number of likely N-dealkylation sites (tertiary alicyclic amines) is 1. The van der Waals surface area contributed by atoms with E-state index in [2.05, 4.69) is 15.2 Å². The van der Waals surface area contributed by atoms with Crippen LogP contribution in [0.3, 0.4) is 0 Å². The van der Waals surface area contributed by atoms with Crippen molar-refractivity contribution in [1.82, 2.24) is 19.9 Å². The van der Waals surface area contributed by atoms with Gasteiger partial charge in [-0.3, -0.25) is 4.98 Å². The number of pyridine rings is 1. The number of hydrogen-bond acceptors (Lipinski definition) is 5. The number of nitrogens with one attached hydrogen (secondary N) is 1. The summed E-state index contributed by atoms with van der Waals surface area (Å²) < 4.78 is 0. The number of hydrogen-bond donors (Lipinski definition) is 1. The van der Waals surface area contributed by atoms with Gasteiger partial charge in [-0.05, 0) is 63.2 Å². The van der Waals surface area contributed by atoms with Crippen LogP contribution in [0.1, 0.15) is 19.3 Å². The number of anilines is 1. The van der Waals surface area contributed by atoms with Gasteiger partial charge in [0.25, 0.3) is 0 Å². The van der Waals surface area contributed by atoms with E-state index in [-0.39, 0.29) is 0 Å².